The van der Waals surface area contributed by atoms with Crippen molar-refractivity contribution in [3.8, 4) is 0 Å². The molecule has 1 rings (SSSR count). The molecule has 1 aliphatic heterocycles. The summed E-state index contributed by atoms with van der Waals surface area (Å²) in [5, 5.41) is 42.3. The van der Waals surface area contributed by atoms with E-state index in [0.717, 1.165) is 0 Å². The van der Waals surface area contributed by atoms with Crippen molar-refractivity contribution in [1.82, 2.24) is 4.90 Å². The van der Waals surface area contributed by atoms with E-state index in [4.69, 9.17) is 0 Å². The first-order valence-corrected chi connectivity index (χ1v) is 6.71. The fourth-order valence-electron chi connectivity index (χ4n) is 2.84. The molecule has 1 saturated heterocycles. The van der Waals surface area contributed by atoms with Gasteiger partial charge in [0, 0.05) is 19.6 Å². The molecule has 0 aromatic heterocycles. The fourth-order valence-corrected chi connectivity index (χ4v) is 2.84. The van der Waals surface area contributed by atoms with Crippen molar-refractivity contribution in [2.24, 2.45) is 0 Å². The Labute approximate surface area is 120 Å². The monoisotopic (exact) mass is 283 g/mol. The van der Waals surface area contributed by atoms with Crippen LogP contribution in [0, 0.1) is 0 Å². The summed E-state index contributed by atoms with van der Waals surface area (Å²) >= 11 is 0. The first kappa shape index (κ1) is 17.1. The predicted molar refractivity (Wildman–Crippen MR) is 78.2 cm³/mol. The summed E-state index contributed by atoms with van der Waals surface area (Å²) < 4.78 is 0. The lowest BCUT2D eigenvalue weighted by Crippen LogP contribution is -2.66. The fraction of sp³-hybridized carbons (Fsp3) is 0.600. The summed E-state index contributed by atoms with van der Waals surface area (Å²) in [6.45, 7) is 11.4. The maximum Gasteiger partial charge on any atom is 0.127 e. The number of β-amino-alcohol motifs (C(OH)–C–C–N with tert-alkyl or cyclic N) is 2. The molecule has 0 radical (unpaired) electrons. The summed E-state index contributed by atoms with van der Waals surface area (Å²) in [7, 11) is 0. The Morgan fingerprint density at radius 2 is 1.30 bits per heavy atom. The molecule has 5 nitrogen and oxygen atoms in total. The van der Waals surface area contributed by atoms with E-state index in [0.29, 0.717) is 6.54 Å². The van der Waals surface area contributed by atoms with Crippen LogP contribution in [-0.2, 0) is 0 Å². The van der Waals surface area contributed by atoms with E-state index in [9.17, 15) is 20.4 Å². The molecule has 0 amide bonds. The summed E-state index contributed by atoms with van der Waals surface area (Å²) in [6, 6.07) is 0. The molecule has 0 bridgehead atoms. The average Bonchev–Trinajstić information content (AvgIpc) is 2.43. The topological polar surface area (TPSA) is 84.2 Å². The van der Waals surface area contributed by atoms with Crippen molar-refractivity contribution < 1.29 is 20.4 Å². The molecule has 0 aromatic carbocycles. The van der Waals surface area contributed by atoms with Crippen molar-refractivity contribution in [3.05, 3.63) is 38.0 Å². The summed E-state index contributed by atoms with van der Waals surface area (Å²) in [5.41, 5.74) is -3.75. The zero-order chi connectivity index (χ0) is 15.4. The Bertz CT molecular complexity index is 343. The van der Waals surface area contributed by atoms with E-state index in [2.05, 4.69) is 19.7 Å². The van der Waals surface area contributed by atoms with E-state index >= 15 is 0 Å². The van der Waals surface area contributed by atoms with Crippen LogP contribution in [0.15, 0.2) is 38.0 Å². The Hall–Kier alpha value is -0.980. The van der Waals surface area contributed by atoms with Crippen LogP contribution in [0.2, 0.25) is 0 Å². The van der Waals surface area contributed by atoms with Gasteiger partial charge in [-0.3, -0.25) is 4.90 Å². The lowest BCUT2D eigenvalue weighted by Gasteiger charge is -2.46. The second-order valence-electron chi connectivity index (χ2n) is 5.37. The van der Waals surface area contributed by atoms with Crippen LogP contribution in [0.3, 0.4) is 0 Å². The normalized spacial score (nSPS) is 39.0. The Morgan fingerprint density at radius 1 is 0.900 bits per heavy atom. The Balaban J connectivity index is 3.23. The van der Waals surface area contributed by atoms with Crippen LogP contribution in [-0.4, -0.2) is 68.4 Å². The first-order valence-electron chi connectivity index (χ1n) is 6.71. The van der Waals surface area contributed by atoms with Crippen molar-refractivity contribution in [2.75, 3.05) is 19.6 Å². The molecular weight excluding hydrogens is 258 g/mol. The third-order valence-corrected chi connectivity index (χ3v) is 4.01. The van der Waals surface area contributed by atoms with Gasteiger partial charge in [-0.2, -0.15) is 0 Å². The molecule has 1 fully saturated rings. The number of aliphatic hydroxyl groups is 4. The highest BCUT2D eigenvalue weighted by molar-refractivity contribution is 5.15. The second-order valence-corrected chi connectivity index (χ2v) is 5.37. The molecule has 20 heavy (non-hydrogen) atoms. The van der Waals surface area contributed by atoms with Crippen LogP contribution in [0.1, 0.15) is 12.8 Å². The molecule has 0 saturated carbocycles. The predicted octanol–water partition coefficient (Wildman–Crippen LogP) is -0.176. The van der Waals surface area contributed by atoms with Crippen molar-refractivity contribution in [3.63, 3.8) is 0 Å². The van der Waals surface area contributed by atoms with Gasteiger partial charge in [-0.15, -0.1) is 19.7 Å². The molecule has 0 unspecified atom stereocenters. The molecule has 0 aromatic rings. The van der Waals surface area contributed by atoms with E-state index in [1.807, 2.05) is 0 Å². The van der Waals surface area contributed by atoms with Crippen LogP contribution in [0.4, 0.5) is 0 Å². The molecule has 1 aliphatic rings. The van der Waals surface area contributed by atoms with Crippen molar-refractivity contribution >= 4 is 0 Å². The van der Waals surface area contributed by atoms with Crippen LogP contribution in [0.25, 0.3) is 0 Å². The molecule has 4 atom stereocenters. The van der Waals surface area contributed by atoms with Crippen molar-refractivity contribution in [1.29, 1.82) is 0 Å². The second kappa shape index (κ2) is 6.65. The first-order chi connectivity index (χ1) is 9.35. The standard InChI is InChI=1S/C15H25NO4/c1-4-7-14(19)12(17)10-16(9-6-3)11-13(18)15(14,20)8-5-2/h4-6,12-13,17-20H,1-3,7-11H2/t12-,13-,14-,15-/m1/s1. The quantitative estimate of drug-likeness (QED) is 0.508. The van der Waals surface area contributed by atoms with Gasteiger partial charge >= 0.3 is 0 Å². The summed E-state index contributed by atoms with van der Waals surface area (Å²) in [6.07, 6.45) is 1.99. The molecular formula is C15H25NO4. The summed E-state index contributed by atoms with van der Waals surface area (Å²) in [4.78, 5) is 1.73. The minimum atomic E-state index is -1.88. The van der Waals surface area contributed by atoms with Gasteiger partial charge in [0.15, 0.2) is 0 Å². The number of hydrogen-bond acceptors (Lipinski definition) is 5. The van der Waals surface area contributed by atoms with Crippen LogP contribution < -0.4 is 0 Å². The van der Waals surface area contributed by atoms with E-state index in [1.54, 1.807) is 11.0 Å². The third-order valence-electron chi connectivity index (χ3n) is 4.01. The lowest BCUT2D eigenvalue weighted by molar-refractivity contribution is -0.226. The number of likely N-dealkylation sites (tertiary alicyclic amines) is 1. The van der Waals surface area contributed by atoms with Crippen LogP contribution >= 0.6 is 0 Å². The van der Waals surface area contributed by atoms with E-state index < -0.39 is 23.4 Å². The largest absolute Gasteiger partial charge is 0.389 e. The van der Waals surface area contributed by atoms with Gasteiger partial charge in [0.1, 0.15) is 11.2 Å². The lowest BCUT2D eigenvalue weighted by atomic mass is 9.72. The van der Waals surface area contributed by atoms with Gasteiger partial charge in [-0.1, -0.05) is 18.2 Å². The zero-order valence-corrected chi connectivity index (χ0v) is 11.8. The third kappa shape index (κ3) is 2.87. The number of hydrogen-bond donors (Lipinski definition) is 4. The maximum atomic E-state index is 10.8. The highest BCUT2D eigenvalue weighted by atomic mass is 16.4. The molecule has 4 N–H and O–H groups in total. The molecule has 0 aliphatic carbocycles. The molecule has 0 spiro atoms. The molecule has 114 valence electrons. The van der Waals surface area contributed by atoms with Crippen LogP contribution in [0.5, 0.6) is 0 Å². The van der Waals surface area contributed by atoms with E-state index in [1.165, 1.54) is 12.2 Å². The SMILES string of the molecule is C=CCN1C[C@@H](O)[C@](O)(CC=C)[C@@](O)(CC=C)[C@H](O)C1. The smallest absolute Gasteiger partial charge is 0.127 e. The number of nitrogens with zero attached hydrogens (tertiary/aromatic N) is 1. The number of rotatable bonds is 6. The number of aliphatic hydroxyl groups excluding tert-OH is 2. The van der Waals surface area contributed by atoms with Gasteiger partial charge < -0.3 is 20.4 Å². The Kier molecular flexibility index (Phi) is 5.68. The zero-order valence-electron chi connectivity index (χ0n) is 11.8. The summed E-state index contributed by atoms with van der Waals surface area (Å²) in [5.74, 6) is 0. The van der Waals surface area contributed by atoms with E-state index in [-0.39, 0.29) is 25.9 Å². The highest BCUT2D eigenvalue weighted by Crippen LogP contribution is 2.38. The van der Waals surface area contributed by atoms with Gasteiger partial charge in [0.2, 0.25) is 0 Å². The van der Waals surface area contributed by atoms with Gasteiger partial charge in [-0.05, 0) is 12.8 Å². The van der Waals surface area contributed by atoms with Gasteiger partial charge in [-0.25, -0.2) is 0 Å². The van der Waals surface area contributed by atoms with Gasteiger partial charge in [0.25, 0.3) is 0 Å². The molecule has 5 heteroatoms. The Morgan fingerprint density at radius 3 is 1.60 bits per heavy atom. The molecule has 1 heterocycles. The van der Waals surface area contributed by atoms with Gasteiger partial charge in [0.05, 0.1) is 12.2 Å². The minimum Gasteiger partial charge on any atom is -0.389 e. The highest BCUT2D eigenvalue weighted by Gasteiger charge is 2.58. The maximum absolute atomic E-state index is 10.8. The minimum absolute atomic E-state index is 0.0303. The average molecular weight is 283 g/mol. The van der Waals surface area contributed by atoms with Crippen molar-refractivity contribution in [2.45, 2.75) is 36.3 Å².